The molecule has 2 bridgehead atoms. The molecule has 0 saturated carbocycles. The Balaban J connectivity index is 1.41. The zero-order valence-electron chi connectivity index (χ0n) is 21.7. The summed E-state index contributed by atoms with van der Waals surface area (Å²) in [5, 5.41) is 13.7. The second-order valence-corrected chi connectivity index (χ2v) is 10.3. The fraction of sp³-hybridized carbons (Fsp3) is 0.321. The van der Waals surface area contributed by atoms with Gasteiger partial charge in [-0.05, 0) is 31.5 Å². The molecule has 2 aromatic carbocycles. The van der Waals surface area contributed by atoms with Crippen molar-refractivity contribution in [1.82, 2.24) is 35.3 Å². The summed E-state index contributed by atoms with van der Waals surface area (Å²) in [6.45, 7) is 4.51. The van der Waals surface area contributed by atoms with Gasteiger partial charge in [0.1, 0.15) is 23.2 Å². The summed E-state index contributed by atoms with van der Waals surface area (Å²) in [6.07, 6.45) is 2.45. The molecule has 1 aliphatic heterocycles. The van der Waals surface area contributed by atoms with E-state index in [4.69, 9.17) is 14.8 Å². The van der Waals surface area contributed by atoms with Crippen LogP contribution in [0.3, 0.4) is 0 Å². The van der Waals surface area contributed by atoms with E-state index in [-0.39, 0.29) is 24.4 Å². The van der Waals surface area contributed by atoms with Gasteiger partial charge in [0.25, 0.3) is 5.91 Å². The molecule has 0 aliphatic carbocycles. The van der Waals surface area contributed by atoms with Crippen LogP contribution in [-0.2, 0) is 17.9 Å². The van der Waals surface area contributed by atoms with Gasteiger partial charge in [-0.1, -0.05) is 36.4 Å². The van der Waals surface area contributed by atoms with E-state index in [1.807, 2.05) is 59.7 Å². The lowest BCUT2D eigenvalue weighted by Crippen LogP contribution is -2.40. The second-order valence-electron chi connectivity index (χ2n) is 9.29. The molecule has 0 unspecified atom stereocenters. The maximum atomic E-state index is 13.2. The Kier molecular flexibility index (Phi) is 8.59. The lowest BCUT2D eigenvalue weighted by molar-refractivity contribution is -0.123. The van der Waals surface area contributed by atoms with E-state index < -0.39 is 0 Å². The van der Waals surface area contributed by atoms with Crippen molar-refractivity contribution in [3.05, 3.63) is 82.6 Å². The summed E-state index contributed by atoms with van der Waals surface area (Å²) >= 11 is 1.56. The van der Waals surface area contributed by atoms with Crippen LogP contribution in [-0.4, -0.2) is 62.7 Å². The van der Waals surface area contributed by atoms with Crippen molar-refractivity contribution >= 4 is 23.2 Å². The Morgan fingerprint density at radius 2 is 1.92 bits per heavy atom. The molecule has 0 radical (unpaired) electrons. The number of hydrogen-bond donors (Lipinski definition) is 2. The summed E-state index contributed by atoms with van der Waals surface area (Å²) in [5.74, 6) is 1.55. The maximum absolute atomic E-state index is 13.2. The third-order valence-electron chi connectivity index (χ3n) is 6.31. The highest BCUT2D eigenvalue weighted by Gasteiger charge is 2.21. The van der Waals surface area contributed by atoms with Crippen molar-refractivity contribution in [3.63, 3.8) is 0 Å². The largest absolute Gasteiger partial charge is 0.492 e. The number of hydrogen-bond acceptors (Lipinski definition) is 8. The summed E-state index contributed by atoms with van der Waals surface area (Å²) in [4.78, 5) is 37.1. The minimum atomic E-state index is -0.370. The Labute approximate surface area is 231 Å². The molecule has 0 saturated heterocycles. The average Bonchev–Trinajstić information content (AvgIpc) is 3.61. The van der Waals surface area contributed by atoms with E-state index in [1.165, 1.54) is 0 Å². The molecule has 2 aromatic heterocycles. The predicted octanol–water partition coefficient (Wildman–Crippen LogP) is 3.29. The standard InChI is InChI=1S/C28H31N7O3S/c1-20-27-32-26(21-7-3-2-4-8-21)33-35(27)14-15-38-23-10-5-9-22(17-23)28(37)30-11-6-13-34(18-24(36)31-20)19-25-29-12-16-39-25/h2-5,7-10,12,16-17,20H,6,11,13-15,18-19H2,1H3,(H,30,37)(H,31,36)/t20-/m0/s1. The second kappa shape index (κ2) is 12.6. The zero-order chi connectivity index (χ0) is 27.0. The van der Waals surface area contributed by atoms with Crippen molar-refractivity contribution in [2.45, 2.75) is 32.5 Å². The van der Waals surface area contributed by atoms with Crippen molar-refractivity contribution in [1.29, 1.82) is 0 Å². The maximum Gasteiger partial charge on any atom is 0.251 e. The molecule has 11 heteroatoms. The van der Waals surface area contributed by atoms with Gasteiger partial charge in [-0.2, -0.15) is 5.10 Å². The van der Waals surface area contributed by atoms with Crippen LogP contribution in [0.25, 0.3) is 11.4 Å². The first-order chi connectivity index (χ1) is 19.0. The smallest absolute Gasteiger partial charge is 0.251 e. The highest BCUT2D eigenvalue weighted by molar-refractivity contribution is 7.09. The molecule has 10 nitrogen and oxygen atoms in total. The Morgan fingerprint density at radius 3 is 2.74 bits per heavy atom. The van der Waals surface area contributed by atoms with Crippen LogP contribution in [0.5, 0.6) is 5.75 Å². The number of aromatic nitrogens is 4. The van der Waals surface area contributed by atoms with E-state index in [0.717, 1.165) is 10.6 Å². The van der Waals surface area contributed by atoms with Crippen molar-refractivity contribution in [2.24, 2.45) is 0 Å². The van der Waals surface area contributed by atoms with Crippen LogP contribution < -0.4 is 15.4 Å². The van der Waals surface area contributed by atoms with Crippen LogP contribution in [0.2, 0.25) is 0 Å². The summed E-state index contributed by atoms with van der Waals surface area (Å²) in [6, 6.07) is 16.5. The van der Waals surface area contributed by atoms with E-state index in [0.29, 0.717) is 62.2 Å². The molecule has 5 rings (SSSR count). The first kappa shape index (κ1) is 26.5. The van der Waals surface area contributed by atoms with Gasteiger partial charge in [-0.15, -0.1) is 11.3 Å². The molecule has 39 heavy (non-hydrogen) atoms. The number of amides is 2. The molecule has 2 N–H and O–H groups in total. The number of thiazole rings is 1. The van der Waals surface area contributed by atoms with Crippen LogP contribution in [0.15, 0.2) is 66.2 Å². The fourth-order valence-electron chi connectivity index (χ4n) is 4.42. The van der Waals surface area contributed by atoms with E-state index in [9.17, 15) is 9.59 Å². The first-order valence-electron chi connectivity index (χ1n) is 13.0. The summed E-state index contributed by atoms with van der Waals surface area (Å²) in [5.41, 5.74) is 1.43. The van der Waals surface area contributed by atoms with Gasteiger partial charge >= 0.3 is 0 Å². The number of nitrogens with one attached hydrogen (secondary N) is 2. The Bertz CT molecular complexity index is 1390. The van der Waals surface area contributed by atoms with Gasteiger partial charge in [0.15, 0.2) is 5.82 Å². The molecule has 4 aromatic rings. The lowest BCUT2D eigenvalue weighted by Gasteiger charge is -2.22. The van der Waals surface area contributed by atoms with Gasteiger partial charge in [0, 0.05) is 35.8 Å². The summed E-state index contributed by atoms with van der Waals surface area (Å²) < 4.78 is 7.74. The minimum absolute atomic E-state index is 0.119. The van der Waals surface area contributed by atoms with E-state index in [2.05, 4.69) is 15.6 Å². The minimum Gasteiger partial charge on any atom is -0.492 e. The van der Waals surface area contributed by atoms with Crippen LogP contribution in [0.4, 0.5) is 0 Å². The average molecular weight is 546 g/mol. The Morgan fingerprint density at radius 1 is 1.08 bits per heavy atom. The van der Waals surface area contributed by atoms with E-state index in [1.54, 1.807) is 34.3 Å². The molecule has 2 amide bonds. The Hall–Kier alpha value is -4.09. The highest BCUT2D eigenvalue weighted by Crippen LogP contribution is 2.20. The quantitative estimate of drug-likeness (QED) is 0.406. The number of carbonyl (C=O) groups is 2. The molecular formula is C28H31N7O3S. The lowest BCUT2D eigenvalue weighted by atomic mass is 10.2. The van der Waals surface area contributed by atoms with Gasteiger partial charge in [0.05, 0.1) is 25.7 Å². The number of nitrogens with zero attached hydrogens (tertiary/aromatic N) is 5. The van der Waals surface area contributed by atoms with Crippen LogP contribution >= 0.6 is 11.3 Å². The van der Waals surface area contributed by atoms with Crippen molar-refractivity contribution in [3.8, 4) is 17.1 Å². The third kappa shape index (κ3) is 7.06. The number of carbonyl (C=O) groups excluding carboxylic acids is 2. The number of benzene rings is 2. The third-order valence-corrected chi connectivity index (χ3v) is 7.08. The normalized spacial score (nSPS) is 17.7. The molecule has 1 aliphatic rings. The first-order valence-corrected chi connectivity index (χ1v) is 13.8. The van der Waals surface area contributed by atoms with Gasteiger partial charge in [0.2, 0.25) is 5.91 Å². The number of rotatable bonds is 3. The van der Waals surface area contributed by atoms with Gasteiger partial charge in [-0.25, -0.2) is 14.6 Å². The summed E-state index contributed by atoms with van der Waals surface area (Å²) in [7, 11) is 0. The SMILES string of the molecule is C[C@@H]1NC(=O)CN(Cc2nccs2)CCCNC(=O)c2cccc(c2)OCCn2nc(-c3ccccc3)nc21. The molecule has 3 heterocycles. The fourth-order valence-corrected chi connectivity index (χ4v) is 5.08. The molecular weight excluding hydrogens is 514 g/mol. The topological polar surface area (TPSA) is 114 Å². The van der Waals surface area contributed by atoms with Crippen molar-refractivity contribution in [2.75, 3.05) is 26.2 Å². The molecule has 202 valence electrons. The monoisotopic (exact) mass is 545 g/mol. The molecule has 1 atom stereocenters. The number of ether oxygens (including phenoxy) is 1. The zero-order valence-corrected chi connectivity index (χ0v) is 22.6. The van der Waals surface area contributed by atoms with Crippen LogP contribution in [0.1, 0.15) is 40.6 Å². The highest BCUT2D eigenvalue weighted by atomic mass is 32.1. The molecule has 0 spiro atoms. The van der Waals surface area contributed by atoms with Gasteiger partial charge < -0.3 is 15.4 Å². The van der Waals surface area contributed by atoms with Crippen molar-refractivity contribution < 1.29 is 14.3 Å². The van der Waals surface area contributed by atoms with E-state index >= 15 is 0 Å². The van der Waals surface area contributed by atoms with Crippen LogP contribution in [0, 0.1) is 0 Å². The predicted molar refractivity (Wildman–Crippen MR) is 148 cm³/mol. The van der Waals surface area contributed by atoms with Gasteiger partial charge in [-0.3, -0.25) is 14.5 Å². The molecule has 0 fully saturated rings. The number of fused-ring (bicyclic) bond motifs is 3.